The maximum absolute atomic E-state index is 12.3. The van der Waals surface area contributed by atoms with E-state index in [9.17, 15) is 14.7 Å². The first kappa shape index (κ1) is 25.2. The Kier molecular flexibility index (Phi) is 9.72. The Morgan fingerprint density at radius 1 is 1.30 bits per heavy atom. The molecule has 2 aliphatic rings. The number of nitrogens with one attached hydrogen (secondary N) is 1. The minimum Gasteiger partial charge on any atom is -0.366 e. The van der Waals surface area contributed by atoms with Crippen LogP contribution < -0.4 is 5.32 Å². The summed E-state index contributed by atoms with van der Waals surface area (Å²) in [4.78, 5) is 24.2. The van der Waals surface area contributed by atoms with Crippen molar-refractivity contribution in [3.8, 4) is 0 Å². The van der Waals surface area contributed by atoms with Gasteiger partial charge in [0.1, 0.15) is 5.60 Å². The highest BCUT2D eigenvalue weighted by molar-refractivity contribution is 9.13. The molecule has 1 aliphatic heterocycles. The van der Waals surface area contributed by atoms with Crippen molar-refractivity contribution in [2.45, 2.75) is 77.2 Å². The predicted molar refractivity (Wildman–Crippen MR) is 126 cm³/mol. The number of hydrogen-bond acceptors (Lipinski definition) is 4. The molecular formula is C23H31Br2NO4. The number of aliphatic hydroxyl groups is 1. The number of halogens is 2. The third kappa shape index (κ3) is 7.29. The number of rotatable bonds is 9. The molecule has 5 nitrogen and oxygen atoms in total. The van der Waals surface area contributed by atoms with E-state index < -0.39 is 17.9 Å². The van der Waals surface area contributed by atoms with Crippen LogP contribution in [0.3, 0.4) is 0 Å². The van der Waals surface area contributed by atoms with Gasteiger partial charge in [-0.25, -0.2) is 0 Å². The molecule has 7 heteroatoms. The van der Waals surface area contributed by atoms with Crippen LogP contribution in [0.15, 0.2) is 44.9 Å². The Labute approximate surface area is 196 Å². The fraction of sp³-hybridized carbons (Fsp3) is 0.565. The van der Waals surface area contributed by atoms with Gasteiger partial charge in [-0.3, -0.25) is 9.59 Å². The van der Waals surface area contributed by atoms with Crippen LogP contribution in [0.5, 0.6) is 0 Å². The van der Waals surface area contributed by atoms with Crippen LogP contribution in [0.4, 0.5) is 0 Å². The molecule has 2 rings (SSSR count). The average molecular weight is 545 g/mol. The summed E-state index contributed by atoms with van der Waals surface area (Å²) >= 11 is 6.46. The summed E-state index contributed by atoms with van der Waals surface area (Å²) in [5.41, 5.74) is 0.104. The third-order valence-corrected chi connectivity index (χ3v) is 6.46. The summed E-state index contributed by atoms with van der Waals surface area (Å²) in [6.45, 7) is 6.39. The number of aliphatic hydroxyl groups excluding tert-OH is 1. The van der Waals surface area contributed by atoms with Gasteiger partial charge in [-0.05, 0) is 63.3 Å². The molecule has 1 aliphatic carbocycles. The second-order valence-electron chi connectivity index (χ2n) is 8.17. The Hall–Kier alpha value is -1.02. The molecule has 0 aromatic carbocycles. The molecule has 1 fully saturated rings. The summed E-state index contributed by atoms with van der Waals surface area (Å²) in [6.07, 6.45) is 14.0. The molecule has 0 radical (unpaired) electrons. The Balaban J connectivity index is 1.89. The number of ether oxygens (including phenoxy) is 1. The summed E-state index contributed by atoms with van der Waals surface area (Å²) < 4.78 is 6.39. The van der Waals surface area contributed by atoms with Crippen LogP contribution in [0, 0.1) is 5.92 Å². The van der Waals surface area contributed by atoms with Crippen LogP contribution >= 0.6 is 31.9 Å². The van der Waals surface area contributed by atoms with E-state index in [-0.39, 0.29) is 11.7 Å². The van der Waals surface area contributed by atoms with E-state index in [4.69, 9.17) is 4.74 Å². The molecule has 1 spiro atoms. The van der Waals surface area contributed by atoms with E-state index in [1.54, 1.807) is 18.2 Å². The van der Waals surface area contributed by atoms with Gasteiger partial charge >= 0.3 is 0 Å². The van der Waals surface area contributed by atoms with E-state index in [1.165, 1.54) is 31.8 Å². The molecule has 1 saturated heterocycles. The van der Waals surface area contributed by atoms with Crippen molar-refractivity contribution in [2.75, 3.05) is 0 Å². The standard InChI is InChI=1S/C23H31Br2NO4/c1-4-5-6-7-8-15(2)11-16(3)9-10-20(27)26-19-14-23(30-22(19)29)12-17(24)21(28)18(25)13-23/h9-13,15,19,22,29H,4-8,14H2,1-3H3,(H,26,27)/b10-9+,16-11+/t15-,19+,22+/m1/s1. The molecule has 166 valence electrons. The second-order valence-corrected chi connectivity index (χ2v) is 9.88. The van der Waals surface area contributed by atoms with Gasteiger partial charge in [0.05, 0.1) is 15.0 Å². The average Bonchev–Trinajstić information content (AvgIpc) is 2.96. The number of amides is 1. The molecule has 0 bridgehead atoms. The van der Waals surface area contributed by atoms with Gasteiger partial charge in [0.2, 0.25) is 11.7 Å². The predicted octanol–water partition coefficient (Wildman–Crippen LogP) is 5.20. The fourth-order valence-electron chi connectivity index (χ4n) is 3.74. The SMILES string of the molecule is CCCCCC[C@@H](C)/C=C(C)/C=C/C(=O)N[C@H]1CC2(C=C(Br)C(=O)C(Br)=C2)O[C@@H]1O. The number of Topliss-reactive ketones (excluding diaryl/α,β-unsaturated/α-hetero) is 1. The topological polar surface area (TPSA) is 75.6 Å². The van der Waals surface area contributed by atoms with Crippen molar-refractivity contribution < 1.29 is 19.4 Å². The molecule has 0 saturated carbocycles. The molecule has 3 atom stereocenters. The number of unbranched alkanes of at least 4 members (excludes halogenated alkanes) is 3. The summed E-state index contributed by atoms with van der Waals surface area (Å²) in [5.74, 6) is 0.000901. The smallest absolute Gasteiger partial charge is 0.244 e. The van der Waals surface area contributed by atoms with E-state index in [0.29, 0.717) is 21.3 Å². The van der Waals surface area contributed by atoms with Gasteiger partial charge in [0.25, 0.3) is 0 Å². The minimum atomic E-state index is -1.16. The number of ketones is 1. The van der Waals surface area contributed by atoms with Crippen molar-refractivity contribution in [2.24, 2.45) is 5.92 Å². The van der Waals surface area contributed by atoms with Crippen LogP contribution in [-0.2, 0) is 14.3 Å². The number of carbonyl (C=O) groups excluding carboxylic acids is 2. The number of hydrogen-bond donors (Lipinski definition) is 2. The van der Waals surface area contributed by atoms with Crippen molar-refractivity contribution in [3.05, 3.63) is 44.9 Å². The largest absolute Gasteiger partial charge is 0.366 e. The molecule has 30 heavy (non-hydrogen) atoms. The van der Waals surface area contributed by atoms with Crippen LogP contribution in [0.1, 0.15) is 59.3 Å². The van der Waals surface area contributed by atoms with Gasteiger partial charge in [-0.15, -0.1) is 0 Å². The third-order valence-electron chi connectivity index (χ3n) is 5.28. The van der Waals surface area contributed by atoms with Gasteiger partial charge in [-0.2, -0.15) is 0 Å². The maximum atomic E-state index is 12.3. The number of allylic oxidation sites excluding steroid dienone is 5. The lowest BCUT2D eigenvalue weighted by Crippen LogP contribution is -2.39. The molecule has 2 N–H and O–H groups in total. The Morgan fingerprint density at radius 3 is 2.60 bits per heavy atom. The zero-order valence-corrected chi connectivity index (χ0v) is 21.0. The van der Waals surface area contributed by atoms with Gasteiger partial charge in [0, 0.05) is 12.5 Å². The summed E-state index contributed by atoms with van der Waals surface area (Å²) in [6, 6.07) is -0.578. The normalized spacial score (nSPS) is 24.9. The molecule has 0 aromatic heterocycles. The first-order chi connectivity index (χ1) is 14.2. The van der Waals surface area contributed by atoms with Crippen molar-refractivity contribution in [1.29, 1.82) is 0 Å². The second kappa shape index (κ2) is 11.6. The first-order valence-corrected chi connectivity index (χ1v) is 12.1. The lowest BCUT2D eigenvalue weighted by atomic mass is 9.92. The lowest BCUT2D eigenvalue weighted by Gasteiger charge is -2.25. The molecule has 1 amide bonds. The van der Waals surface area contributed by atoms with Gasteiger partial charge in [-0.1, -0.05) is 57.3 Å². The van der Waals surface area contributed by atoms with Gasteiger partial charge in [0.15, 0.2) is 6.29 Å². The summed E-state index contributed by atoms with van der Waals surface area (Å²) in [5, 5.41) is 13.1. The Bertz CT molecular complexity index is 747. The molecule has 1 heterocycles. The Morgan fingerprint density at radius 2 is 1.97 bits per heavy atom. The van der Waals surface area contributed by atoms with Crippen LogP contribution in [-0.4, -0.2) is 34.7 Å². The molecular weight excluding hydrogens is 514 g/mol. The molecule has 0 unspecified atom stereocenters. The zero-order chi connectivity index (χ0) is 22.3. The van der Waals surface area contributed by atoms with E-state index >= 15 is 0 Å². The minimum absolute atomic E-state index is 0.184. The van der Waals surface area contributed by atoms with E-state index in [2.05, 4.69) is 57.1 Å². The molecule has 0 aromatic rings. The maximum Gasteiger partial charge on any atom is 0.244 e. The highest BCUT2D eigenvalue weighted by atomic mass is 79.9. The fourth-order valence-corrected chi connectivity index (χ4v) is 5.21. The van der Waals surface area contributed by atoms with E-state index in [1.807, 2.05) is 6.92 Å². The van der Waals surface area contributed by atoms with Crippen molar-refractivity contribution in [3.63, 3.8) is 0 Å². The van der Waals surface area contributed by atoms with Crippen LogP contribution in [0.25, 0.3) is 0 Å². The van der Waals surface area contributed by atoms with Crippen molar-refractivity contribution in [1.82, 2.24) is 5.32 Å². The van der Waals surface area contributed by atoms with Gasteiger partial charge < -0.3 is 15.2 Å². The summed E-state index contributed by atoms with van der Waals surface area (Å²) in [7, 11) is 0. The highest BCUT2D eigenvalue weighted by Crippen LogP contribution is 2.40. The monoisotopic (exact) mass is 543 g/mol. The zero-order valence-electron chi connectivity index (χ0n) is 17.8. The first-order valence-electron chi connectivity index (χ1n) is 10.5. The lowest BCUT2D eigenvalue weighted by molar-refractivity contribution is -0.126. The van der Waals surface area contributed by atoms with Crippen LogP contribution in [0.2, 0.25) is 0 Å². The van der Waals surface area contributed by atoms with E-state index in [0.717, 1.165) is 12.0 Å². The number of carbonyl (C=O) groups is 2. The van der Waals surface area contributed by atoms with Crippen molar-refractivity contribution >= 4 is 43.6 Å². The quantitative estimate of drug-likeness (QED) is 0.238. The highest BCUT2D eigenvalue weighted by Gasteiger charge is 2.46.